The van der Waals surface area contributed by atoms with Crippen LogP contribution in [0.1, 0.15) is 16.4 Å². The lowest BCUT2D eigenvalue weighted by atomic mass is 10.0. The lowest BCUT2D eigenvalue weighted by Crippen LogP contribution is -1.99. The van der Waals surface area contributed by atoms with Crippen LogP contribution in [0.4, 0.5) is 0 Å². The quantitative estimate of drug-likeness (QED) is 0.458. The van der Waals surface area contributed by atoms with E-state index in [4.69, 9.17) is 4.74 Å². The first kappa shape index (κ1) is 17.0. The molecular weight excluding hydrogens is 374 g/mol. The minimum Gasteiger partial charge on any atom is -0.377 e. The fourth-order valence-corrected chi connectivity index (χ4v) is 4.02. The third-order valence-electron chi connectivity index (χ3n) is 4.51. The highest BCUT2D eigenvalue weighted by Gasteiger charge is 2.13. The number of nitrogens with zero attached hydrogens (tertiary/aromatic N) is 7. The third-order valence-corrected chi connectivity index (χ3v) is 5.38. The van der Waals surface area contributed by atoms with Crippen molar-refractivity contribution in [1.82, 2.24) is 34.6 Å². The Kier molecular flexibility index (Phi) is 4.10. The van der Waals surface area contributed by atoms with E-state index in [2.05, 4.69) is 43.6 Å². The van der Waals surface area contributed by atoms with Gasteiger partial charge in [-0.2, -0.15) is 14.7 Å². The summed E-state index contributed by atoms with van der Waals surface area (Å²) in [5, 5.41) is 19.3. The van der Waals surface area contributed by atoms with E-state index in [0.29, 0.717) is 13.0 Å². The van der Waals surface area contributed by atoms with Crippen molar-refractivity contribution in [2.45, 2.75) is 13.0 Å². The van der Waals surface area contributed by atoms with Crippen molar-refractivity contribution in [3.63, 3.8) is 0 Å². The molecule has 0 amide bonds. The third kappa shape index (κ3) is 3.04. The van der Waals surface area contributed by atoms with Crippen LogP contribution in [0.3, 0.4) is 0 Å². The van der Waals surface area contributed by atoms with Crippen LogP contribution in [-0.2, 0) is 24.8 Å². The number of methoxy groups -OCH3 is 1. The molecular formula is C19H17N7OS. The van der Waals surface area contributed by atoms with Gasteiger partial charge < -0.3 is 4.74 Å². The van der Waals surface area contributed by atoms with Crippen LogP contribution in [0, 0.1) is 0 Å². The fourth-order valence-electron chi connectivity index (χ4n) is 3.19. The van der Waals surface area contributed by atoms with Gasteiger partial charge in [0.25, 0.3) is 0 Å². The Morgan fingerprint density at radius 1 is 1.11 bits per heavy atom. The van der Waals surface area contributed by atoms with E-state index >= 15 is 0 Å². The van der Waals surface area contributed by atoms with E-state index < -0.39 is 0 Å². The average molecular weight is 391 g/mol. The van der Waals surface area contributed by atoms with Crippen molar-refractivity contribution in [3.05, 3.63) is 59.3 Å². The molecule has 9 heteroatoms. The van der Waals surface area contributed by atoms with Crippen molar-refractivity contribution < 1.29 is 4.74 Å². The molecule has 8 nitrogen and oxygen atoms in total. The number of hydrogen-bond donors (Lipinski definition) is 0. The molecule has 0 aliphatic rings. The number of aromatic nitrogens is 7. The predicted octanol–water partition coefficient (Wildman–Crippen LogP) is 2.87. The van der Waals surface area contributed by atoms with E-state index in [9.17, 15) is 0 Å². The van der Waals surface area contributed by atoms with E-state index in [-0.39, 0.29) is 0 Å². The van der Waals surface area contributed by atoms with Crippen LogP contribution < -0.4 is 0 Å². The summed E-state index contributed by atoms with van der Waals surface area (Å²) >= 11 is 1.49. The van der Waals surface area contributed by atoms with Gasteiger partial charge in [-0.25, -0.2) is 0 Å². The molecule has 0 aliphatic heterocycles. The SMILES string of the molecule is COCc1nn2c(Cc3ccc4ncc(-c5cnn(C)c5)cc4c3)nnc2s1. The molecule has 0 spiro atoms. The maximum absolute atomic E-state index is 5.16. The van der Waals surface area contributed by atoms with Crippen LogP contribution in [0.15, 0.2) is 42.9 Å². The molecule has 0 saturated heterocycles. The number of pyridine rings is 1. The van der Waals surface area contributed by atoms with Gasteiger partial charge in [0.15, 0.2) is 5.82 Å². The van der Waals surface area contributed by atoms with Gasteiger partial charge in [0, 0.05) is 49.5 Å². The number of ether oxygens (including phenoxy) is 1. The Morgan fingerprint density at radius 2 is 2.04 bits per heavy atom. The molecule has 5 aromatic rings. The fraction of sp³-hybridized carbons (Fsp3) is 0.211. The van der Waals surface area contributed by atoms with Gasteiger partial charge in [-0.05, 0) is 23.8 Å². The number of fused-ring (bicyclic) bond motifs is 2. The molecule has 5 rings (SSSR count). The summed E-state index contributed by atoms with van der Waals surface area (Å²) in [5.41, 5.74) is 4.19. The zero-order chi connectivity index (χ0) is 19.1. The summed E-state index contributed by atoms with van der Waals surface area (Å²) in [6.07, 6.45) is 6.36. The van der Waals surface area contributed by atoms with E-state index in [1.807, 2.05) is 31.7 Å². The number of hydrogen-bond acceptors (Lipinski definition) is 7. The smallest absolute Gasteiger partial charge is 0.234 e. The Bertz CT molecular complexity index is 1290. The molecule has 0 aliphatic carbocycles. The molecule has 0 bridgehead atoms. The molecule has 0 unspecified atom stereocenters. The molecule has 0 N–H and O–H groups in total. The first-order chi connectivity index (χ1) is 13.7. The number of benzene rings is 1. The Balaban J connectivity index is 1.49. The van der Waals surface area contributed by atoms with Crippen molar-refractivity contribution in [3.8, 4) is 11.1 Å². The van der Waals surface area contributed by atoms with Gasteiger partial charge in [-0.3, -0.25) is 9.67 Å². The Labute approximate surface area is 164 Å². The zero-order valence-corrected chi connectivity index (χ0v) is 16.2. The molecule has 4 heterocycles. The topological polar surface area (TPSA) is 83.0 Å². The second-order valence-electron chi connectivity index (χ2n) is 6.57. The summed E-state index contributed by atoms with van der Waals surface area (Å²) in [7, 11) is 3.57. The summed E-state index contributed by atoms with van der Waals surface area (Å²) < 4.78 is 8.74. The standard InChI is InChI=1S/C19H17N7OS/c1-25-10-15(9-21-25)14-7-13-5-12(3-4-16(13)20-8-14)6-17-22-23-19-26(17)24-18(28-19)11-27-2/h3-5,7-10H,6,11H2,1-2H3. The molecule has 1 aromatic carbocycles. The lowest BCUT2D eigenvalue weighted by Gasteiger charge is -2.04. The van der Waals surface area contributed by atoms with E-state index in [0.717, 1.165) is 43.4 Å². The zero-order valence-electron chi connectivity index (χ0n) is 15.4. The van der Waals surface area contributed by atoms with Gasteiger partial charge in [-0.15, -0.1) is 10.2 Å². The maximum Gasteiger partial charge on any atom is 0.234 e. The number of rotatable bonds is 5. The summed E-state index contributed by atoms with van der Waals surface area (Å²) in [6.45, 7) is 0.478. The average Bonchev–Trinajstić information content (AvgIpc) is 3.39. The van der Waals surface area contributed by atoms with Crippen molar-refractivity contribution in [1.29, 1.82) is 0 Å². The molecule has 0 radical (unpaired) electrons. The molecule has 28 heavy (non-hydrogen) atoms. The largest absolute Gasteiger partial charge is 0.377 e. The summed E-state index contributed by atoms with van der Waals surface area (Å²) in [4.78, 5) is 5.36. The van der Waals surface area contributed by atoms with Gasteiger partial charge in [-0.1, -0.05) is 17.4 Å². The predicted molar refractivity (Wildman–Crippen MR) is 106 cm³/mol. The van der Waals surface area contributed by atoms with Gasteiger partial charge >= 0.3 is 0 Å². The van der Waals surface area contributed by atoms with Crippen LogP contribution in [-0.4, -0.2) is 41.7 Å². The first-order valence-electron chi connectivity index (χ1n) is 8.76. The highest BCUT2D eigenvalue weighted by Crippen LogP contribution is 2.24. The monoisotopic (exact) mass is 391 g/mol. The summed E-state index contributed by atoms with van der Waals surface area (Å²) in [6, 6.07) is 8.39. The Hall–Kier alpha value is -3.17. The lowest BCUT2D eigenvalue weighted by molar-refractivity contribution is 0.183. The number of aryl methyl sites for hydroxylation is 1. The Morgan fingerprint density at radius 3 is 2.86 bits per heavy atom. The molecule has 0 atom stereocenters. The summed E-state index contributed by atoms with van der Waals surface area (Å²) in [5.74, 6) is 0.810. The minimum absolute atomic E-state index is 0.478. The van der Waals surface area contributed by atoms with Crippen LogP contribution in [0.5, 0.6) is 0 Å². The van der Waals surface area contributed by atoms with E-state index in [1.165, 1.54) is 11.3 Å². The van der Waals surface area contributed by atoms with Crippen molar-refractivity contribution in [2.75, 3.05) is 7.11 Å². The highest BCUT2D eigenvalue weighted by molar-refractivity contribution is 7.16. The second kappa shape index (κ2) is 6.77. The molecule has 140 valence electrons. The van der Waals surface area contributed by atoms with Crippen molar-refractivity contribution >= 4 is 27.2 Å². The van der Waals surface area contributed by atoms with Crippen molar-refractivity contribution in [2.24, 2.45) is 7.05 Å². The van der Waals surface area contributed by atoms with Crippen LogP contribution >= 0.6 is 11.3 Å². The highest BCUT2D eigenvalue weighted by atomic mass is 32.1. The first-order valence-corrected chi connectivity index (χ1v) is 9.58. The second-order valence-corrected chi connectivity index (χ2v) is 7.61. The van der Waals surface area contributed by atoms with Gasteiger partial charge in [0.2, 0.25) is 4.96 Å². The van der Waals surface area contributed by atoms with E-state index in [1.54, 1.807) is 16.3 Å². The normalized spacial score (nSPS) is 11.6. The van der Waals surface area contributed by atoms with Crippen LogP contribution in [0.2, 0.25) is 0 Å². The maximum atomic E-state index is 5.16. The molecule has 0 saturated carbocycles. The molecule has 4 aromatic heterocycles. The van der Waals surface area contributed by atoms with Crippen LogP contribution in [0.25, 0.3) is 27.0 Å². The molecule has 0 fully saturated rings. The van der Waals surface area contributed by atoms with Gasteiger partial charge in [0.05, 0.1) is 18.3 Å². The minimum atomic E-state index is 0.478. The van der Waals surface area contributed by atoms with Gasteiger partial charge in [0.1, 0.15) is 5.01 Å².